The zero-order valence-electron chi connectivity index (χ0n) is 8.88. The van der Waals surface area contributed by atoms with E-state index in [9.17, 15) is 0 Å². The molecule has 88 valence electrons. The monoisotopic (exact) mass is 375 g/mol. The molecule has 2 aromatic rings. The number of nitrogens with zero attached hydrogens (tertiary/aromatic N) is 1. The van der Waals surface area contributed by atoms with Gasteiger partial charge in [-0.05, 0) is 47.1 Å². The highest BCUT2D eigenvalue weighted by Crippen LogP contribution is 2.31. The number of rotatable bonds is 2. The van der Waals surface area contributed by atoms with E-state index < -0.39 is 0 Å². The fourth-order valence-electron chi connectivity index (χ4n) is 1.25. The molecule has 0 aliphatic heterocycles. The van der Waals surface area contributed by atoms with Gasteiger partial charge in [0, 0.05) is 15.0 Å². The van der Waals surface area contributed by atoms with Crippen LogP contribution in [0.3, 0.4) is 0 Å². The van der Waals surface area contributed by atoms with Crippen molar-refractivity contribution in [1.29, 1.82) is 0 Å². The van der Waals surface area contributed by atoms with E-state index in [2.05, 4.69) is 36.8 Å². The third-order valence-corrected chi connectivity index (χ3v) is 3.73. The molecule has 17 heavy (non-hydrogen) atoms. The van der Waals surface area contributed by atoms with Crippen LogP contribution in [0.1, 0.15) is 5.69 Å². The highest BCUT2D eigenvalue weighted by atomic mass is 79.9. The van der Waals surface area contributed by atoms with E-state index in [1.807, 2.05) is 19.1 Å². The molecule has 1 aromatic heterocycles. The minimum Gasteiger partial charge on any atom is -0.437 e. The minimum atomic E-state index is 0.523. The van der Waals surface area contributed by atoms with E-state index in [1.165, 1.54) is 0 Å². The normalized spacial score (nSPS) is 10.4. The summed E-state index contributed by atoms with van der Waals surface area (Å²) in [6.07, 6.45) is 0. The molecule has 0 saturated carbocycles. The van der Waals surface area contributed by atoms with E-state index in [-0.39, 0.29) is 0 Å². The van der Waals surface area contributed by atoms with Gasteiger partial charge in [0.2, 0.25) is 5.88 Å². The van der Waals surface area contributed by atoms with Gasteiger partial charge in [-0.3, -0.25) is 0 Å². The van der Waals surface area contributed by atoms with Crippen molar-refractivity contribution in [1.82, 2.24) is 4.98 Å². The van der Waals surface area contributed by atoms with Gasteiger partial charge in [0.25, 0.3) is 0 Å². The first-order valence-corrected chi connectivity index (χ1v) is 6.79. The van der Waals surface area contributed by atoms with Crippen LogP contribution < -0.4 is 4.74 Å². The Balaban J connectivity index is 2.28. The summed E-state index contributed by atoms with van der Waals surface area (Å²) in [7, 11) is 0. The van der Waals surface area contributed by atoms with Crippen molar-refractivity contribution in [2.75, 3.05) is 0 Å². The predicted molar refractivity (Wildman–Crippen MR) is 75.9 cm³/mol. The zero-order valence-corrected chi connectivity index (χ0v) is 12.8. The molecule has 0 fully saturated rings. The first-order chi connectivity index (χ1) is 8.06. The number of pyridine rings is 1. The van der Waals surface area contributed by atoms with E-state index in [0.29, 0.717) is 16.7 Å². The highest BCUT2D eigenvalue weighted by Gasteiger charge is 2.06. The van der Waals surface area contributed by atoms with Crippen LogP contribution in [-0.2, 0) is 0 Å². The molecular formula is C12H8Br2ClNO. The summed E-state index contributed by atoms with van der Waals surface area (Å²) in [5.41, 5.74) is 0.871. The third kappa shape index (κ3) is 3.21. The first-order valence-electron chi connectivity index (χ1n) is 4.82. The lowest BCUT2D eigenvalue weighted by Crippen LogP contribution is -1.91. The first kappa shape index (κ1) is 12.9. The molecule has 0 spiro atoms. The van der Waals surface area contributed by atoms with Crippen molar-refractivity contribution in [2.45, 2.75) is 6.92 Å². The maximum absolute atomic E-state index is 6.06. The van der Waals surface area contributed by atoms with Gasteiger partial charge in [0.15, 0.2) is 0 Å². The zero-order chi connectivity index (χ0) is 12.4. The molecule has 0 unspecified atom stereocenters. The number of benzene rings is 1. The summed E-state index contributed by atoms with van der Waals surface area (Å²) in [6.45, 7) is 1.90. The van der Waals surface area contributed by atoms with Crippen LogP contribution in [0.15, 0.2) is 39.3 Å². The van der Waals surface area contributed by atoms with E-state index in [0.717, 1.165) is 14.6 Å². The second-order valence-corrected chi connectivity index (χ2v) is 5.57. The summed E-state index contributed by atoms with van der Waals surface area (Å²) in [5.74, 6) is 1.11. The Labute approximate surface area is 121 Å². The molecule has 0 radical (unpaired) electrons. The van der Waals surface area contributed by atoms with Crippen molar-refractivity contribution >= 4 is 43.5 Å². The van der Waals surface area contributed by atoms with Crippen molar-refractivity contribution in [2.24, 2.45) is 0 Å². The Morgan fingerprint density at radius 3 is 2.59 bits per heavy atom. The number of hydrogen-bond acceptors (Lipinski definition) is 2. The molecular weight excluding hydrogens is 369 g/mol. The van der Waals surface area contributed by atoms with Crippen LogP contribution in [0.5, 0.6) is 11.6 Å². The standard InChI is InChI=1S/C12H8Br2ClNO/c1-7-9(14)3-5-12(16-7)17-11-4-2-8(13)6-10(11)15/h2-6H,1H3. The minimum absolute atomic E-state index is 0.523. The molecule has 2 rings (SSSR count). The highest BCUT2D eigenvalue weighted by molar-refractivity contribution is 9.10. The maximum atomic E-state index is 6.06. The Bertz CT molecular complexity index is 560. The van der Waals surface area contributed by atoms with Gasteiger partial charge in [0.1, 0.15) is 5.75 Å². The second kappa shape index (κ2) is 5.38. The number of hydrogen-bond donors (Lipinski definition) is 0. The van der Waals surface area contributed by atoms with Crippen LogP contribution in [-0.4, -0.2) is 4.98 Å². The van der Waals surface area contributed by atoms with Gasteiger partial charge < -0.3 is 4.74 Å². The molecule has 1 heterocycles. The summed E-state index contributed by atoms with van der Waals surface area (Å²) in [4.78, 5) is 4.29. The fraction of sp³-hybridized carbons (Fsp3) is 0.0833. The molecule has 2 nitrogen and oxygen atoms in total. The van der Waals surface area contributed by atoms with E-state index in [4.69, 9.17) is 16.3 Å². The Hall–Kier alpha value is -0.580. The average molecular weight is 377 g/mol. The largest absolute Gasteiger partial charge is 0.437 e. The van der Waals surface area contributed by atoms with Gasteiger partial charge in [-0.15, -0.1) is 0 Å². The topological polar surface area (TPSA) is 22.1 Å². The molecule has 0 amide bonds. The van der Waals surface area contributed by atoms with Crippen LogP contribution in [0, 0.1) is 6.92 Å². The summed E-state index contributed by atoms with van der Waals surface area (Å²) < 4.78 is 7.48. The quantitative estimate of drug-likeness (QED) is 0.703. The van der Waals surface area contributed by atoms with Crippen molar-refractivity contribution < 1.29 is 4.74 Å². The van der Waals surface area contributed by atoms with Crippen LogP contribution in [0.4, 0.5) is 0 Å². The summed E-state index contributed by atoms with van der Waals surface area (Å²) in [6, 6.07) is 9.13. The molecule has 0 saturated heterocycles. The summed E-state index contributed by atoms with van der Waals surface area (Å²) >= 11 is 12.8. The summed E-state index contributed by atoms with van der Waals surface area (Å²) in [5, 5.41) is 0.543. The van der Waals surface area contributed by atoms with Crippen molar-refractivity contribution in [3.05, 3.63) is 50.0 Å². The predicted octanol–water partition coefficient (Wildman–Crippen LogP) is 5.36. The lowest BCUT2D eigenvalue weighted by Gasteiger charge is -2.08. The van der Waals surface area contributed by atoms with E-state index >= 15 is 0 Å². The Morgan fingerprint density at radius 2 is 1.94 bits per heavy atom. The lowest BCUT2D eigenvalue weighted by atomic mass is 10.3. The number of aryl methyl sites for hydroxylation is 1. The van der Waals surface area contributed by atoms with Crippen LogP contribution in [0.2, 0.25) is 5.02 Å². The fourth-order valence-corrected chi connectivity index (χ4v) is 2.18. The average Bonchev–Trinajstić information content (AvgIpc) is 2.27. The van der Waals surface area contributed by atoms with Gasteiger partial charge in [-0.1, -0.05) is 27.5 Å². The van der Waals surface area contributed by atoms with Crippen molar-refractivity contribution in [3.8, 4) is 11.6 Å². The van der Waals surface area contributed by atoms with Crippen molar-refractivity contribution in [3.63, 3.8) is 0 Å². The number of halogens is 3. The molecule has 0 aliphatic rings. The molecule has 0 N–H and O–H groups in total. The number of ether oxygens (including phenoxy) is 1. The Morgan fingerprint density at radius 1 is 1.18 bits per heavy atom. The number of aromatic nitrogens is 1. The SMILES string of the molecule is Cc1nc(Oc2ccc(Br)cc2Cl)ccc1Br. The lowest BCUT2D eigenvalue weighted by molar-refractivity contribution is 0.461. The molecule has 5 heteroatoms. The second-order valence-electron chi connectivity index (χ2n) is 3.39. The molecule has 0 atom stereocenters. The Kier molecular flexibility index (Phi) is 4.07. The smallest absolute Gasteiger partial charge is 0.219 e. The molecule has 0 bridgehead atoms. The maximum Gasteiger partial charge on any atom is 0.219 e. The van der Waals surface area contributed by atoms with Crippen LogP contribution in [0.25, 0.3) is 0 Å². The van der Waals surface area contributed by atoms with Gasteiger partial charge >= 0.3 is 0 Å². The molecule has 0 aliphatic carbocycles. The van der Waals surface area contributed by atoms with Crippen LogP contribution >= 0.6 is 43.5 Å². The van der Waals surface area contributed by atoms with Gasteiger partial charge in [0.05, 0.1) is 10.7 Å². The third-order valence-electron chi connectivity index (χ3n) is 2.10. The van der Waals surface area contributed by atoms with E-state index in [1.54, 1.807) is 18.2 Å². The van der Waals surface area contributed by atoms with Gasteiger partial charge in [-0.2, -0.15) is 0 Å². The van der Waals surface area contributed by atoms with Gasteiger partial charge in [-0.25, -0.2) is 4.98 Å². The molecule has 1 aromatic carbocycles.